The molecule has 4 aromatic carbocycles. The van der Waals surface area contributed by atoms with Crippen LogP contribution in [0.4, 0.5) is 0 Å². The minimum absolute atomic E-state index is 0. The zero-order valence-corrected chi connectivity index (χ0v) is 18.5. The van der Waals surface area contributed by atoms with Gasteiger partial charge in [0.25, 0.3) is 0 Å². The molecule has 0 spiro atoms. The molecule has 0 heterocycles. The zero-order chi connectivity index (χ0) is 18.5. The first-order valence-electron chi connectivity index (χ1n) is 9.39. The van der Waals surface area contributed by atoms with Crippen LogP contribution in [0.3, 0.4) is 0 Å². The Labute approximate surface area is 179 Å². The lowest BCUT2D eigenvalue weighted by Gasteiger charge is -2.28. The first kappa shape index (κ1) is 20.5. The normalized spacial score (nSPS) is 10.9. The van der Waals surface area contributed by atoms with Crippen molar-refractivity contribution in [3.05, 3.63) is 126 Å². The van der Waals surface area contributed by atoms with Gasteiger partial charge in [-0.25, -0.2) is 0 Å². The SMILES string of the molecule is Cc1cccc(C[P+](c2ccccc2)(c2ccccc2)c2ccccc2)c1.[Br-]. The molecule has 0 aliphatic heterocycles. The topological polar surface area (TPSA) is 0 Å². The van der Waals surface area contributed by atoms with Crippen LogP contribution >= 0.6 is 7.26 Å². The molecule has 0 unspecified atom stereocenters. The molecule has 0 saturated carbocycles. The van der Waals surface area contributed by atoms with Crippen LogP contribution in [0.5, 0.6) is 0 Å². The third-order valence-electron chi connectivity index (χ3n) is 5.09. The first-order valence-corrected chi connectivity index (χ1v) is 11.4. The molecule has 4 rings (SSSR count). The summed E-state index contributed by atoms with van der Waals surface area (Å²) < 4.78 is 0. The minimum Gasteiger partial charge on any atom is -1.00 e. The van der Waals surface area contributed by atoms with Crippen LogP contribution in [0.1, 0.15) is 11.1 Å². The molecular weight excluding hydrogens is 423 g/mol. The van der Waals surface area contributed by atoms with Crippen LogP contribution in [0.25, 0.3) is 0 Å². The van der Waals surface area contributed by atoms with Gasteiger partial charge in [-0.05, 0) is 48.9 Å². The van der Waals surface area contributed by atoms with E-state index in [9.17, 15) is 0 Å². The molecule has 0 nitrogen and oxygen atoms in total. The lowest BCUT2D eigenvalue weighted by atomic mass is 10.2. The smallest absolute Gasteiger partial charge is 0.116 e. The maximum Gasteiger partial charge on any atom is 0.116 e. The monoisotopic (exact) mass is 446 g/mol. The van der Waals surface area contributed by atoms with Gasteiger partial charge in [0.1, 0.15) is 23.2 Å². The van der Waals surface area contributed by atoms with E-state index in [0.717, 1.165) is 6.16 Å². The summed E-state index contributed by atoms with van der Waals surface area (Å²) >= 11 is 0. The van der Waals surface area contributed by atoms with Gasteiger partial charge in [0.05, 0.1) is 6.16 Å². The Kier molecular flexibility index (Phi) is 6.83. The molecule has 0 bridgehead atoms. The van der Waals surface area contributed by atoms with Crippen LogP contribution in [-0.4, -0.2) is 0 Å². The molecular formula is C26H24BrP. The first-order chi connectivity index (χ1) is 13.3. The Morgan fingerprint density at radius 1 is 0.536 bits per heavy atom. The third kappa shape index (κ3) is 4.12. The average molecular weight is 447 g/mol. The van der Waals surface area contributed by atoms with E-state index in [1.165, 1.54) is 27.0 Å². The summed E-state index contributed by atoms with van der Waals surface area (Å²) in [5.74, 6) is 0. The molecule has 0 N–H and O–H groups in total. The Morgan fingerprint density at radius 3 is 1.36 bits per heavy atom. The molecule has 0 aliphatic carbocycles. The number of hydrogen-bond donors (Lipinski definition) is 0. The third-order valence-corrected chi connectivity index (χ3v) is 9.47. The van der Waals surface area contributed by atoms with E-state index >= 15 is 0 Å². The summed E-state index contributed by atoms with van der Waals surface area (Å²) in [7, 11) is -1.79. The highest BCUT2D eigenvalue weighted by Crippen LogP contribution is 2.58. The van der Waals surface area contributed by atoms with Crippen molar-refractivity contribution in [2.75, 3.05) is 0 Å². The summed E-state index contributed by atoms with van der Waals surface area (Å²) in [4.78, 5) is 0. The van der Waals surface area contributed by atoms with Crippen molar-refractivity contribution in [3.63, 3.8) is 0 Å². The van der Waals surface area contributed by atoms with Crippen LogP contribution in [0.2, 0.25) is 0 Å². The van der Waals surface area contributed by atoms with E-state index in [1.54, 1.807) is 0 Å². The van der Waals surface area contributed by atoms with Crippen molar-refractivity contribution >= 4 is 23.2 Å². The fourth-order valence-electron chi connectivity index (χ4n) is 3.85. The van der Waals surface area contributed by atoms with Gasteiger partial charge in [0.15, 0.2) is 0 Å². The number of halogens is 1. The highest BCUT2D eigenvalue weighted by molar-refractivity contribution is 7.95. The van der Waals surface area contributed by atoms with E-state index in [0.29, 0.717) is 0 Å². The molecule has 4 aromatic rings. The van der Waals surface area contributed by atoms with Crippen molar-refractivity contribution in [1.29, 1.82) is 0 Å². The average Bonchev–Trinajstić information content (AvgIpc) is 2.74. The molecule has 0 atom stereocenters. The molecule has 2 heteroatoms. The standard InChI is InChI=1S/C26H24P.BrH/c1-22-12-11-13-23(20-22)21-27(24-14-5-2-6-15-24,25-16-7-3-8-17-25)26-18-9-4-10-19-26;/h2-20H,21H2,1H3;1H/q+1;/p-1. The fraction of sp³-hybridized carbons (Fsp3) is 0.0769. The maximum absolute atomic E-state index is 2.34. The Bertz CT molecular complexity index is 901. The van der Waals surface area contributed by atoms with Crippen LogP contribution in [0.15, 0.2) is 115 Å². The van der Waals surface area contributed by atoms with E-state index in [1.807, 2.05) is 0 Å². The molecule has 0 amide bonds. The van der Waals surface area contributed by atoms with E-state index in [4.69, 9.17) is 0 Å². The van der Waals surface area contributed by atoms with E-state index < -0.39 is 7.26 Å². The van der Waals surface area contributed by atoms with Gasteiger partial charge in [0.2, 0.25) is 0 Å². The van der Waals surface area contributed by atoms with E-state index in [2.05, 4.69) is 122 Å². The Balaban J connectivity index is 0.00000225. The lowest BCUT2D eigenvalue weighted by molar-refractivity contribution is -0.00000533. The van der Waals surface area contributed by atoms with Gasteiger partial charge in [-0.3, -0.25) is 0 Å². The molecule has 0 aromatic heterocycles. The molecule has 0 fully saturated rings. The van der Waals surface area contributed by atoms with Crippen molar-refractivity contribution in [2.24, 2.45) is 0 Å². The summed E-state index contributed by atoms with van der Waals surface area (Å²) in [6, 6.07) is 42.2. The predicted molar refractivity (Wildman–Crippen MR) is 120 cm³/mol. The number of rotatable bonds is 5. The fourth-order valence-corrected chi connectivity index (χ4v) is 8.08. The number of benzene rings is 4. The Hall–Kier alpha value is -2.21. The second-order valence-electron chi connectivity index (χ2n) is 6.96. The maximum atomic E-state index is 2.34. The Morgan fingerprint density at radius 2 is 0.964 bits per heavy atom. The highest BCUT2D eigenvalue weighted by atomic mass is 79.9. The van der Waals surface area contributed by atoms with Crippen molar-refractivity contribution in [1.82, 2.24) is 0 Å². The number of hydrogen-bond acceptors (Lipinski definition) is 0. The largest absolute Gasteiger partial charge is 1.00 e. The second kappa shape index (κ2) is 9.32. The number of aryl methyl sites for hydroxylation is 1. The second-order valence-corrected chi connectivity index (χ2v) is 10.4. The van der Waals surface area contributed by atoms with E-state index in [-0.39, 0.29) is 17.0 Å². The quantitative estimate of drug-likeness (QED) is 0.413. The summed E-state index contributed by atoms with van der Waals surface area (Å²) in [5, 5.41) is 4.30. The van der Waals surface area contributed by atoms with Gasteiger partial charge >= 0.3 is 0 Å². The lowest BCUT2D eigenvalue weighted by Crippen LogP contribution is -3.00. The molecule has 0 saturated heterocycles. The minimum atomic E-state index is -1.79. The molecule has 140 valence electrons. The predicted octanol–water partition coefficient (Wildman–Crippen LogP) is 2.49. The van der Waals surface area contributed by atoms with Crippen molar-refractivity contribution < 1.29 is 17.0 Å². The van der Waals surface area contributed by atoms with Gasteiger partial charge in [-0.1, -0.05) is 84.4 Å². The molecule has 28 heavy (non-hydrogen) atoms. The summed E-state index contributed by atoms with van der Waals surface area (Å²) in [6.07, 6.45) is 1.03. The summed E-state index contributed by atoms with van der Waals surface area (Å²) in [5.41, 5.74) is 2.72. The van der Waals surface area contributed by atoms with Crippen LogP contribution in [0, 0.1) is 6.92 Å². The van der Waals surface area contributed by atoms with Gasteiger partial charge in [-0.2, -0.15) is 0 Å². The van der Waals surface area contributed by atoms with Crippen LogP contribution in [-0.2, 0) is 6.16 Å². The van der Waals surface area contributed by atoms with Crippen molar-refractivity contribution in [3.8, 4) is 0 Å². The van der Waals surface area contributed by atoms with Crippen molar-refractivity contribution in [2.45, 2.75) is 13.1 Å². The van der Waals surface area contributed by atoms with Gasteiger partial charge in [0, 0.05) is 0 Å². The van der Waals surface area contributed by atoms with Gasteiger partial charge in [-0.15, -0.1) is 0 Å². The molecule has 0 radical (unpaired) electrons. The highest BCUT2D eigenvalue weighted by Gasteiger charge is 2.45. The molecule has 0 aliphatic rings. The van der Waals surface area contributed by atoms with Crippen LogP contribution < -0.4 is 32.9 Å². The summed E-state index contributed by atoms with van der Waals surface area (Å²) in [6.45, 7) is 2.18. The zero-order valence-electron chi connectivity index (χ0n) is 16.0. The van der Waals surface area contributed by atoms with Gasteiger partial charge < -0.3 is 17.0 Å².